The standard InChI is InChI=1S/C17H19FN6S/c1-2-14-20-15-8-7-13(10-24(15)23-14)19-17-22-21-16(25-17)9-11-3-5-12(18)6-4-11/h3-6,13H,2,7-10H2,1H3,(H,19,22). The van der Waals surface area contributed by atoms with Gasteiger partial charge in [0.05, 0.1) is 6.54 Å². The minimum atomic E-state index is -0.223. The second kappa shape index (κ2) is 6.87. The van der Waals surface area contributed by atoms with Gasteiger partial charge in [-0.2, -0.15) is 5.10 Å². The summed E-state index contributed by atoms with van der Waals surface area (Å²) in [5.74, 6) is 1.76. The van der Waals surface area contributed by atoms with Gasteiger partial charge >= 0.3 is 0 Å². The highest BCUT2D eigenvalue weighted by Crippen LogP contribution is 2.22. The number of nitrogens with zero attached hydrogens (tertiary/aromatic N) is 5. The summed E-state index contributed by atoms with van der Waals surface area (Å²) in [4.78, 5) is 4.54. The summed E-state index contributed by atoms with van der Waals surface area (Å²) in [5.41, 5.74) is 1.03. The van der Waals surface area contributed by atoms with Gasteiger partial charge in [0.2, 0.25) is 5.13 Å². The fraction of sp³-hybridized carbons (Fsp3) is 0.412. The van der Waals surface area contributed by atoms with Crippen LogP contribution in [0.25, 0.3) is 0 Å². The monoisotopic (exact) mass is 358 g/mol. The van der Waals surface area contributed by atoms with Gasteiger partial charge in [0, 0.05) is 25.3 Å². The fourth-order valence-electron chi connectivity index (χ4n) is 2.96. The maximum atomic E-state index is 13.0. The number of aromatic nitrogens is 5. The SMILES string of the molecule is CCc1nc2n(n1)CC(Nc1nnc(Cc3ccc(F)cc3)s1)CC2. The Hall–Kier alpha value is -2.35. The molecule has 1 aliphatic heterocycles. The first-order chi connectivity index (χ1) is 12.2. The lowest BCUT2D eigenvalue weighted by atomic mass is 10.1. The minimum absolute atomic E-state index is 0.223. The van der Waals surface area contributed by atoms with Crippen LogP contribution in [0.4, 0.5) is 9.52 Å². The third-order valence-electron chi connectivity index (χ3n) is 4.28. The van der Waals surface area contributed by atoms with E-state index in [4.69, 9.17) is 0 Å². The van der Waals surface area contributed by atoms with Crippen molar-refractivity contribution in [3.63, 3.8) is 0 Å². The van der Waals surface area contributed by atoms with Crippen LogP contribution in [-0.4, -0.2) is 31.0 Å². The topological polar surface area (TPSA) is 68.5 Å². The number of nitrogens with one attached hydrogen (secondary N) is 1. The molecule has 0 spiro atoms. The average molecular weight is 358 g/mol. The van der Waals surface area contributed by atoms with Crippen molar-refractivity contribution in [1.82, 2.24) is 25.0 Å². The van der Waals surface area contributed by atoms with Crippen molar-refractivity contribution >= 4 is 16.5 Å². The van der Waals surface area contributed by atoms with Crippen LogP contribution in [0.3, 0.4) is 0 Å². The molecule has 0 aliphatic carbocycles. The molecule has 0 saturated carbocycles. The van der Waals surface area contributed by atoms with E-state index in [9.17, 15) is 4.39 Å². The van der Waals surface area contributed by atoms with Gasteiger partial charge in [0.1, 0.15) is 16.6 Å². The number of halogens is 1. The van der Waals surface area contributed by atoms with Gasteiger partial charge in [0.25, 0.3) is 0 Å². The summed E-state index contributed by atoms with van der Waals surface area (Å²) >= 11 is 1.54. The second-order valence-electron chi connectivity index (χ2n) is 6.16. The van der Waals surface area contributed by atoms with Crippen LogP contribution in [0, 0.1) is 5.82 Å². The normalized spacial score (nSPS) is 16.6. The molecule has 0 radical (unpaired) electrons. The first-order valence-electron chi connectivity index (χ1n) is 8.45. The first kappa shape index (κ1) is 16.1. The fourth-order valence-corrected chi connectivity index (χ4v) is 3.81. The molecule has 2 aromatic heterocycles. The smallest absolute Gasteiger partial charge is 0.205 e. The van der Waals surface area contributed by atoms with Gasteiger partial charge in [0.15, 0.2) is 5.82 Å². The van der Waals surface area contributed by atoms with Crippen molar-refractivity contribution in [2.75, 3.05) is 5.32 Å². The van der Waals surface area contributed by atoms with Gasteiger partial charge in [-0.25, -0.2) is 14.1 Å². The summed E-state index contributed by atoms with van der Waals surface area (Å²) < 4.78 is 15.0. The quantitative estimate of drug-likeness (QED) is 0.760. The average Bonchev–Trinajstić information content (AvgIpc) is 3.23. The third kappa shape index (κ3) is 3.68. The number of fused-ring (bicyclic) bond motifs is 1. The van der Waals surface area contributed by atoms with Crippen LogP contribution in [0.15, 0.2) is 24.3 Å². The second-order valence-corrected chi connectivity index (χ2v) is 7.23. The van der Waals surface area contributed by atoms with E-state index in [0.717, 1.165) is 53.2 Å². The highest BCUT2D eigenvalue weighted by Gasteiger charge is 2.22. The Bertz CT molecular complexity index is 856. The van der Waals surface area contributed by atoms with Crippen LogP contribution >= 0.6 is 11.3 Å². The molecular weight excluding hydrogens is 339 g/mol. The largest absolute Gasteiger partial charge is 0.355 e. The molecule has 8 heteroatoms. The summed E-state index contributed by atoms with van der Waals surface area (Å²) in [5, 5.41) is 18.2. The summed E-state index contributed by atoms with van der Waals surface area (Å²) in [6, 6.07) is 6.78. The van der Waals surface area contributed by atoms with Crippen LogP contribution in [0.1, 0.15) is 35.6 Å². The lowest BCUT2D eigenvalue weighted by molar-refractivity contribution is 0.440. The molecule has 6 nitrogen and oxygen atoms in total. The van der Waals surface area contributed by atoms with Crippen LogP contribution in [0.2, 0.25) is 0 Å². The molecule has 3 heterocycles. The molecule has 1 unspecified atom stereocenters. The molecule has 130 valence electrons. The molecule has 1 N–H and O–H groups in total. The predicted octanol–water partition coefficient (Wildman–Crippen LogP) is 2.85. The molecule has 0 fully saturated rings. The van der Waals surface area contributed by atoms with Gasteiger partial charge in [-0.3, -0.25) is 0 Å². The molecule has 1 aromatic carbocycles. The lowest BCUT2D eigenvalue weighted by Gasteiger charge is -2.22. The van der Waals surface area contributed by atoms with Gasteiger partial charge in [-0.05, 0) is 24.1 Å². The highest BCUT2D eigenvalue weighted by atomic mass is 32.1. The molecule has 0 amide bonds. The van der Waals surface area contributed by atoms with Crippen molar-refractivity contribution < 1.29 is 4.39 Å². The first-order valence-corrected chi connectivity index (χ1v) is 9.27. The van der Waals surface area contributed by atoms with Crippen molar-refractivity contribution in [2.45, 2.75) is 45.2 Å². The molecule has 4 rings (SSSR count). The third-order valence-corrected chi connectivity index (χ3v) is 5.14. The Morgan fingerprint density at radius 3 is 2.92 bits per heavy atom. The Balaban J connectivity index is 1.39. The Morgan fingerprint density at radius 2 is 2.12 bits per heavy atom. The van der Waals surface area contributed by atoms with E-state index >= 15 is 0 Å². The molecule has 1 atom stereocenters. The van der Waals surface area contributed by atoms with Crippen molar-refractivity contribution in [1.29, 1.82) is 0 Å². The summed E-state index contributed by atoms with van der Waals surface area (Å²) in [7, 11) is 0. The van der Waals surface area contributed by atoms with E-state index in [1.54, 1.807) is 23.5 Å². The maximum absolute atomic E-state index is 13.0. The summed E-state index contributed by atoms with van der Waals surface area (Å²) in [6.07, 6.45) is 3.46. The van der Waals surface area contributed by atoms with Gasteiger partial charge in [-0.1, -0.05) is 30.4 Å². The number of hydrogen-bond donors (Lipinski definition) is 1. The van der Waals surface area contributed by atoms with E-state index in [2.05, 4.69) is 32.5 Å². The zero-order valence-corrected chi connectivity index (χ0v) is 14.8. The van der Waals surface area contributed by atoms with Crippen LogP contribution in [-0.2, 0) is 25.8 Å². The Labute approximate surface area is 149 Å². The summed E-state index contributed by atoms with van der Waals surface area (Å²) in [6.45, 7) is 2.87. The molecule has 0 saturated heterocycles. The Kier molecular flexibility index (Phi) is 4.44. The van der Waals surface area contributed by atoms with Crippen LogP contribution in [0.5, 0.6) is 0 Å². The van der Waals surface area contributed by atoms with Crippen molar-refractivity contribution in [3.05, 3.63) is 52.3 Å². The molecular formula is C17H19FN6S. The predicted molar refractivity (Wildman–Crippen MR) is 94.2 cm³/mol. The Morgan fingerprint density at radius 1 is 1.28 bits per heavy atom. The van der Waals surface area contributed by atoms with Gasteiger partial charge < -0.3 is 5.32 Å². The molecule has 0 bridgehead atoms. The number of aryl methyl sites for hydroxylation is 2. The van der Waals surface area contributed by atoms with E-state index in [0.29, 0.717) is 6.42 Å². The van der Waals surface area contributed by atoms with Crippen molar-refractivity contribution in [3.8, 4) is 0 Å². The number of hydrogen-bond acceptors (Lipinski definition) is 6. The minimum Gasteiger partial charge on any atom is -0.355 e. The van der Waals surface area contributed by atoms with E-state index in [1.165, 1.54) is 12.1 Å². The molecule has 1 aliphatic rings. The number of rotatable bonds is 5. The molecule has 25 heavy (non-hydrogen) atoms. The van der Waals surface area contributed by atoms with E-state index < -0.39 is 0 Å². The number of anilines is 1. The zero-order chi connectivity index (χ0) is 17.2. The number of benzene rings is 1. The highest BCUT2D eigenvalue weighted by molar-refractivity contribution is 7.15. The van der Waals surface area contributed by atoms with E-state index in [1.807, 2.05) is 4.68 Å². The van der Waals surface area contributed by atoms with E-state index in [-0.39, 0.29) is 11.9 Å². The lowest BCUT2D eigenvalue weighted by Crippen LogP contribution is -2.31. The van der Waals surface area contributed by atoms with Crippen molar-refractivity contribution in [2.24, 2.45) is 0 Å². The van der Waals surface area contributed by atoms with Crippen LogP contribution < -0.4 is 5.32 Å². The zero-order valence-electron chi connectivity index (χ0n) is 13.9. The van der Waals surface area contributed by atoms with Gasteiger partial charge in [-0.15, -0.1) is 10.2 Å². The maximum Gasteiger partial charge on any atom is 0.205 e. The molecule has 3 aromatic rings.